The predicted molar refractivity (Wildman–Crippen MR) is 105 cm³/mol. The van der Waals surface area contributed by atoms with E-state index in [4.69, 9.17) is 10.5 Å². The Kier molecular flexibility index (Phi) is 8.57. The predicted octanol–water partition coefficient (Wildman–Crippen LogP) is 3.83. The van der Waals surface area contributed by atoms with E-state index >= 15 is 0 Å². The molecule has 24 heavy (non-hydrogen) atoms. The van der Waals surface area contributed by atoms with Crippen molar-refractivity contribution in [2.24, 2.45) is 11.1 Å². The molecule has 1 aromatic carbocycles. The summed E-state index contributed by atoms with van der Waals surface area (Å²) in [5.41, 5.74) is 7.80. The van der Waals surface area contributed by atoms with E-state index in [1.807, 2.05) is 50.7 Å². The Labute approximate surface area is 155 Å². The molecule has 3 N–H and O–H groups in total. The number of halogens is 1. The van der Waals surface area contributed by atoms with E-state index in [1.54, 1.807) is 0 Å². The standard InChI is InChI=1S/C18H28N2O2S.ClH/c1-18(2,3)16(19)17(21)20-14-6-4-5-13(11-14)12-23-15-7-9-22-10-8-15;/h4-6,11,15-16H,7-10,12,19H2,1-3H3,(H,20,21);1H/t16-;/m1./s1. The number of ether oxygens (including phenoxy) is 1. The van der Waals surface area contributed by atoms with Crippen LogP contribution in [0.2, 0.25) is 0 Å². The van der Waals surface area contributed by atoms with Crippen molar-refractivity contribution in [2.75, 3.05) is 18.5 Å². The Morgan fingerprint density at radius 3 is 2.67 bits per heavy atom. The van der Waals surface area contributed by atoms with Crippen molar-refractivity contribution in [1.29, 1.82) is 0 Å². The highest BCUT2D eigenvalue weighted by Gasteiger charge is 2.27. The van der Waals surface area contributed by atoms with Crippen LogP contribution in [0.3, 0.4) is 0 Å². The molecule has 0 aromatic heterocycles. The quantitative estimate of drug-likeness (QED) is 0.824. The zero-order chi connectivity index (χ0) is 16.9. The molecule has 1 heterocycles. The second kappa shape index (κ2) is 9.66. The van der Waals surface area contributed by atoms with Gasteiger partial charge in [-0.3, -0.25) is 4.79 Å². The van der Waals surface area contributed by atoms with E-state index in [-0.39, 0.29) is 23.7 Å². The number of anilines is 1. The molecule has 6 heteroatoms. The van der Waals surface area contributed by atoms with Gasteiger partial charge in [0, 0.05) is 29.9 Å². The summed E-state index contributed by atoms with van der Waals surface area (Å²) in [6.45, 7) is 7.66. The topological polar surface area (TPSA) is 64.4 Å². The molecule has 1 saturated heterocycles. The van der Waals surface area contributed by atoms with Crippen LogP contribution in [0.15, 0.2) is 24.3 Å². The number of rotatable bonds is 5. The van der Waals surface area contributed by atoms with Gasteiger partial charge < -0.3 is 15.8 Å². The van der Waals surface area contributed by atoms with Crippen molar-refractivity contribution in [3.05, 3.63) is 29.8 Å². The van der Waals surface area contributed by atoms with E-state index in [1.165, 1.54) is 5.56 Å². The lowest BCUT2D eigenvalue weighted by Crippen LogP contribution is -2.45. The summed E-state index contributed by atoms with van der Waals surface area (Å²) in [7, 11) is 0. The fourth-order valence-electron chi connectivity index (χ4n) is 2.41. The lowest BCUT2D eigenvalue weighted by Gasteiger charge is -2.26. The SMILES string of the molecule is CC(C)(C)[C@H](N)C(=O)Nc1cccc(CSC2CCOCC2)c1.Cl. The van der Waals surface area contributed by atoms with E-state index < -0.39 is 6.04 Å². The van der Waals surface area contributed by atoms with Crippen LogP contribution in [0.25, 0.3) is 0 Å². The lowest BCUT2D eigenvalue weighted by molar-refractivity contribution is -0.119. The minimum absolute atomic E-state index is 0. The highest BCUT2D eigenvalue weighted by molar-refractivity contribution is 7.99. The van der Waals surface area contributed by atoms with Crippen LogP contribution in [-0.4, -0.2) is 30.4 Å². The first-order valence-corrected chi connectivity index (χ1v) is 9.26. The molecular formula is C18H29ClN2O2S. The number of benzene rings is 1. The summed E-state index contributed by atoms with van der Waals surface area (Å²) < 4.78 is 5.39. The van der Waals surface area contributed by atoms with Crippen molar-refractivity contribution in [2.45, 2.75) is 50.7 Å². The van der Waals surface area contributed by atoms with Gasteiger partial charge >= 0.3 is 0 Å². The average Bonchev–Trinajstić information content (AvgIpc) is 2.52. The van der Waals surface area contributed by atoms with Crippen LogP contribution in [0, 0.1) is 5.41 Å². The van der Waals surface area contributed by atoms with E-state index in [0.29, 0.717) is 5.25 Å². The smallest absolute Gasteiger partial charge is 0.241 e. The summed E-state index contributed by atoms with van der Waals surface area (Å²) in [6.07, 6.45) is 2.25. The van der Waals surface area contributed by atoms with Gasteiger partial charge in [-0.2, -0.15) is 11.8 Å². The maximum atomic E-state index is 12.2. The molecule has 0 saturated carbocycles. The van der Waals surface area contributed by atoms with E-state index in [2.05, 4.69) is 11.4 Å². The summed E-state index contributed by atoms with van der Waals surface area (Å²) in [5, 5.41) is 3.61. The van der Waals surface area contributed by atoms with Crippen LogP contribution in [0.5, 0.6) is 0 Å². The zero-order valence-electron chi connectivity index (χ0n) is 14.7. The third kappa shape index (κ3) is 6.63. The highest BCUT2D eigenvalue weighted by Crippen LogP contribution is 2.26. The molecular weight excluding hydrogens is 344 g/mol. The Hall–Kier alpha value is -0.750. The van der Waals surface area contributed by atoms with Crippen LogP contribution < -0.4 is 11.1 Å². The Morgan fingerprint density at radius 1 is 1.38 bits per heavy atom. The summed E-state index contributed by atoms with van der Waals surface area (Å²) in [5.74, 6) is 0.825. The third-order valence-electron chi connectivity index (χ3n) is 4.06. The van der Waals surface area contributed by atoms with Gasteiger partial charge in [0.2, 0.25) is 5.91 Å². The summed E-state index contributed by atoms with van der Waals surface area (Å²) in [4.78, 5) is 12.2. The first kappa shape index (κ1) is 21.3. The van der Waals surface area contributed by atoms with Gasteiger partial charge in [0.05, 0.1) is 6.04 Å². The van der Waals surface area contributed by atoms with Crippen molar-refractivity contribution in [1.82, 2.24) is 0 Å². The number of nitrogens with one attached hydrogen (secondary N) is 1. The van der Waals surface area contributed by atoms with E-state index in [0.717, 1.165) is 37.5 Å². The minimum atomic E-state index is -0.525. The fraction of sp³-hybridized carbons (Fsp3) is 0.611. The second-order valence-corrected chi connectivity index (χ2v) is 8.44. The van der Waals surface area contributed by atoms with Crippen molar-refractivity contribution < 1.29 is 9.53 Å². The van der Waals surface area contributed by atoms with Crippen molar-refractivity contribution in [3.63, 3.8) is 0 Å². The largest absolute Gasteiger partial charge is 0.381 e. The minimum Gasteiger partial charge on any atom is -0.381 e. The number of thioether (sulfide) groups is 1. The molecule has 0 spiro atoms. The molecule has 1 atom stereocenters. The normalized spacial score (nSPS) is 17.0. The molecule has 0 bridgehead atoms. The van der Waals surface area contributed by atoms with Crippen LogP contribution in [-0.2, 0) is 15.3 Å². The maximum absolute atomic E-state index is 12.2. The van der Waals surface area contributed by atoms with Crippen molar-refractivity contribution >= 4 is 35.8 Å². The molecule has 0 aliphatic carbocycles. The van der Waals surface area contributed by atoms with Crippen molar-refractivity contribution in [3.8, 4) is 0 Å². The molecule has 0 unspecified atom stereocenters. The van der Waals surface area contributed by atoms with Gasteiger partial charge in [-0.25, -0.2) is 0 Å². The van der Waals surface area contributed by atoms with Crippen LogP contribution >= 0.6 is 24.2 Å². The van der Waals surface area contributed by atoms with Crippen LogP contribution in [0.1, 0.15) is 39.2 Å². The van der Waals surface area contributed by atoms with Gasteiger partial charge in [0.1, 0.15) is 0 Å². The molecule has 2 rings (SSSR count). The van der Waals surface area contributed by atoms with E-state index in [9.17, 15) is 4.79 Å². The fourth-order valence-corrected chi connectivity index (χ4v) is 3.54. The third-order valence-corrected chi connectivity index (χ3v) is 5.51. The number of hydrogen-bond acceptors (Lipinski definition) is 4. The molecule has 1 aromatic rings. The first-order chi connectivity index (χ1) is 10.9. The van der Waals surface area contributed by atoms with Gasteiger partial charge in [-0.15, -0.1) is 12.4 Å². The first-order valence-electron chi connectivity index (χ1n) is 8.21. The number of amides is 1. The summed E-state index contributed by atoms with van der Waals surface area (Å²) >= 11 is 1.97. The number of hydrogen-bond donors (Lipinski definition) is 2. The molecule has 1 fully saturated rings. The molecule has 1 aliphatic heterocycles. The lowest BCUT2D eigenvalue weighted by atomic mass is 9.87. The zero-order valence-corrected chi connectivity index (χ0v) is 16.3. The molecule has 0 radical (unpaired) electrons. The molecule has 136 valence electrons. The maximum Gasteiger partial charge on any atom is 0.241 e. The average molecular weight is 373 g/mol. The molecule has 1 amide bonds. The molecule has 4 nitrogen and oxygen atoms in total. The Balaban J connectivity index is 0.00000288. The summed E-state index contributed by atoms with van der Waals surface area (Å²) in [6, 6.07) is 7.52. The van der Waals surface area contributed by atoms with Gasteiger partial charge in [-0.05, 0) is 36.0 Å². The van der Waals surface area contributed by atoms with Crippen LogP contribution in [0.4, 0.5) is 5.69 Å². The van der Waals surface area contributed by atoms with Gasteiger partial charge in [0.15, 0.2) is 0 Å². The second-order valence-electron chi connectivity index (χ2n) is 7.16. The van der Waals surface area contributed by atoms with Gasteiger partial charge in [-0.1, -0.05) is 32.9 Å². The Morgan fingerprint density at radius 2 is 2.04 bits per heavy atom. The number of carbonyl (C=O) groups is 1. The monoisotopic (exact) mass is 372 g/mol. The number of carbonyl (C=O) groups excluding carboxylic acids is 1. The molecule has 1 aliphatic rings. The number of nitrogens with two attached hydrogens (primary N) is 1. The Bertz CT molecular complexity index is 528. The highest BCUT2D eigenvalue weighted by atomic mass is 35.5. The van der Waals surface area contributed by atoms with Gasteiger partial charge in [0.25, 0.3) is 0 Å².